The van der Waals surface area contributed by atoms with Gasteiger partial charge in [0.15, 0.2) is 0 Å². The van der Waals surface area contributed by atoms with Crippen LogP contribution in [0.15, 0.2) is 42.5 Å². The first-order valence-corrected chi connectivity index (χ1v) is 6.57. The molecular formula is C16H9ClFN3. The molecule has 2 aromatic carbocycles. The third-order valence-corrected chi connectivity index (χ3v) is 3.37. The van der Waals surface area contributed by atoms with Crippen LogP contribution in [0.5, 0.6) is 0 Å². The summed E-state index contributed by atoms with van der Waals surface area (Å²) >= 11 is 6.08. The molecule has 5 heteroatoms. The monoisotopic (exact) mass is 297 g/mol. The van der Waals surface area contributed by atoms with E-state index in [0.29, 0.717) is 27.5 Å². The molecule has 0 fully saturated rings. The summed E-state index contributed by atoms with van der Waals surface area (Å²) in [6, 6.07) is 13.5. The number of aromatic amines is 1. The number of halogens is 2. The number of benzene rings is 2. The molecule has 0 spiro atoms. The number of fused-ring (bicyclic) bond motifs is 1. The van der Waals surface area contributed by atoms with Crippen LogP contribution in [0.4, 0.5) is 4.39 Å². The fourth-order valence-corrected chi connectivity index (χ4v) is 2.20. The van der Waals surface area contributed by atoms with Crippen LogP contribution in [0.3, 0.4) is 0 Å². The molecule has 3 aromatic rings. The van der Waals surface area contributed by atoms with Crippen LogP contribution >= 0.6 is 11.6 Å². The molecule has 0 aliphatic rings. The van der Waals surface area contributed by atoms with Gasteiger partial charge in [-0.2, -0.15) is 5.26 Å². The van der Waals surface area contributed by atoms with E-state index >= 15 is 0 Å². The summed E-state index contributed by atoms with van der Waals surface area (Å²) in [6.07, 6.45) is 1.65. The molecule has 0 amide bonds. The van der Waals surface area contributed by atoms with Crippen molar-refractivity contribution in [3.63, 3.8) is 0 Å². The van der Waals surface area contributed by atoms with Crippen molar-refractivity contribution in [2.24, 2.45) is 0 Å². The van der Waals surface area contributed by atoms with Crippen LogP contribution in [0.2, 0.25) is 5.02 Å². The van der Waals surface area contributed by atoms with Crippen molar-refractivity contribution in [3.05, 3.63) is 64.7 Å². The van der Waals surface area contributed by atoms with Crippen molar-refractivity contribution < 1.29 is 4.39 Å². The van der Waals surface area contributed by atoms with Crippen LogP contribution in [-0.2, 0) is 0 Å². The van der Waals surface area contributed by atoms with Crippen molar-refractivity contribution >= 4 is 34.3 Å². The molecule has 0 bridgehead atoms. The summed E-state index contributed by atoms with van der Waals surface area (Å²) in [5.74, 6) is 0.0318. The molecule has 3 rings (SSSR count). The van der Waals surface area contributed by atoms with Gasteiger partial charge in [0.2, 0.25) is 0 Å². The van der Waals surface area contributed by atoms with E-state index in [4.69, 9.17) is 11.6 Å². The summed E-state index contributed by atoms with van der Waals surface area (Å²) in [6.45, 7) is 0. The van der Waals surface area contributed by atoms with Crippen LogP contribution in [-0.4, -0.2) is 9.97 Å². The molecule has 3 nitrogen and oxygen atoms in total. The van der Waals surface area contributed by atoms with Crippen LogP contribution in [0.1, 0.15) is 11.4 Å². The van der Waals surface area contributed by atoms with Gasteiger partial charge >= 0.3 is 0 Å². The van der Waals surface area contributed by atoms with Crippen molar-refractivity contribution in [1.82, 2.24) is 9.97 Å². The Hall–Kier alpha value is -2.64. The second-order valence-corrected chi connectivity index (χ2v) is 4.85. The Morgan fingerprint density at radius 1 is 1.29 bits per heavy atom. The number of H-pyrrole nitrogens is 1. The average molecular weight is 298 g/mol. The minimum absolute atomic E-state index is 0.333. The quantitative estimate of drug-likeness (QED) is 0.712. The fourth-order valence-electron chi connectivity index (χ4n) is 2.01. The molecule has 0 unspecified atom stereocenters. The number of rotatable bonds is 2. The lowest BCUT2D eigenvalue weighted by Gasteiger charge is -1.98. The van der Waals surface area contributed by atoms with E-state index in [1.54, 1.807) is 18.2 Å². The Morgan fingerprint density at radius 3 is 2.86 bits per heavy atom. The summed E-state index contributed by atoms with van der Waals surface area (Å²) in [4.78, 5) is 7.24. The second kappa shape index (κ2) is 5.39. The number of allylic oxidation sites excluding steroid dienone is 1. The molecule has 1 heterocycles. The Kier molecular flexibility index (Phi) is 3.43. The van der Waals surface area contributed by atoms with E-state index in [9.17, 15) is 9.65 Å². The maximum Gasteiger partial charge on any atom is 0.149 e. The molecule has 102 valence electrons. The first kappa shape index (κ1) is 13.3. The maximum absolute atomic E-state index is 13.2. The molecule has 0 atom stereocenters. The smallest absolute Gasteiger partial charge is 0.149 e. The average Bonchev–Trinajstić information content (AvgIpc) is 2.89. The van der Waals surface area contributed by atoms with Crippen LogP contribution in [0.25, 0.3) is 22.7 Å². The summed E-state index contributed by atoms with van der Waals surface area (Å²) in [5.41, 5.74) is 2.21. The highest BCUT2D eigenvalue weighted by Gasteiger charge is 2.09. The van der Waals surface area contributed by atoms with Crippen molar-refractivity contribution in [1.29, 1.82) is 5.26 Å². The number of nitriles is 1. The lowest BCUT2D eigenvalue weighted by Crippen LogP contribution is -1.85. The zero-order chi connectivity index (χ0) is 14.8. The number of nitrogens with one attached hydrogen (secondary N) is 1. The standard InChI is InChI=1S/C16H9ClFN3/c17-13-4-2-1-3-10(13)7-11(9-19)16-20-14-6-5-12(18)8-15(14)21-16/h1-8H,(H,20,21)/b11-7-. The molecule has 0 saturated carbocycles. The van der Waals surface area contributed by atoms with Gasteiger partial charge in [-0.05, 0) is 35.9 Å². The molecule has 21 heavy (non-hydrogen) atoms. The van der Waals surface area contributed by atoms with E-state index < -0.39 is 0 Å². The van der Waals surface area contributed by atoms with Gasteiger partial charge in [-0.1, -0.05) is 29.8 Å². The maximum atomic E-state index is 13.2. The molecule has 0 aliphatic heterocycles. The zero-order valence-electron chi connectivity index (χ0n) is 10.8. The predicted octanol–water partition coefficient (Wildman–Crippen LogP) is 4.42. The summed E-state index contributed by atoms with van der Waals surface area (Å²) < 4.78 is 13.2. The minimum Gasteiger partial charge on any atom is -0.337 e. The topological polar surface area (TPSA) is 52.5 Å². The van der Waals surface area contributed by atoms with Gasteiger partial charge < -0.3 is 4.98 Å². The zero-order valence-corrected chi connectivity index (χ0v) is 11.5. The highest BCUT2D eigenvalue weighted by atomic mass is 35.5. The largest absolute Gasteiger partial charge is 0.337 e. The molecule has 1 aromatic heterocycles. The highest BCUT2D eigenvalue weighted by molar-refractivity contribution is 6.32. The number of hydrogen-bond acceptors (Lipinski definition) is 2. The molecule has 1 N–H and O–H groups in total. The lowest BCUT2D eigenvalue weighted by molar-refractivity contribution is 0.629. The van der Waals surface area contributed by atoms with Gasteiger partial charge in [-0.15, -0.1) is 0 Å². The summed E-state index contributed by atoms with van der Waals surface area (Å²) in [5, 5.41) is 9.86. The van der Waals surface area contributed by atoms with Gasteiger partial charge in [0, 0.05) is 5.02 Å². The normalized spacial score (nSPS) is 11.6. The molecule has 0 aliphatic carbocycles. The molecule has 0 saturated heterocycles. The van der Waals surface area contributed by atoms with Gasteiger partial charge in [-0.25, -0.2) is 9.37 Å². The number of aromatic nitrogens is 2. The van der Waals surface area contributed by atoms with E-state index in [-0.39, 0.29) is 5.82 Å². The predicted molar refractivity (Wildman–Crippen MR) is 81.0 cm³/mol. The van der Waals surface area contributed by atoms with Crippen molar-refractivity contribution in [3.8, 4) is 6.07 Å². The van der Waals surface area contributed by atoms with Crippen LogP contribution < -0.4 is 0 Å². The Labute approximate surface area is 125 Å². The molecular weight excluding hydrogens is 289 g/mol. The van der Waals surface area contributed by atoms with Gasteiger partial charge in [0.25, 0.3) is 0 Å². The van der Waals surface area contributed by atoms with E-state index in [1.807, 2.05) is 18.2 Å². The Bertz CT molecular complexity index is 890. The lowest BCUT2D eigenvalue weighted by atomic mass is 10.1. The van der Waals surface area contributed by atoms with Crippen LogP contribution in [0, 0.1) is 17.1 Å². The first-order valence-electron chi connectivity index (χ1n) is 6.19. The van der Waals surface area contributed by atoms with Gasteiger partial charge in [0.05, 0.1) is 16.6 Å². The number of imidazole rings is 1. The highest BCUT2D eigenvalue weighted by Crippen LogP contribution is 2.23. The number of hydrogen-bond donors (Lipinski definition) is 1. The van der Waals surface area contributed by atoms with E-state index in [2.05, 4.69) is 16.0 Å². The third kappa shape index (κ3) is 2.64. The van der Waals surface area contributed by atoms with Crippen molar-refractivity contribution in [2.45, 2.75) is 0 Å². The number of nitrogens with zero attached hydrogens (tertiary/aromatic N) is 2. The van der Waals surface area contributed by atoms with E-state index in [1.165, 1.54) is 12.1 Å². The third-order valence-electron chi connectivity index (χ3n) is 3.02. The molecule has 0 radical (unpaired) electrons. The summed E-state index contributed by atoms with van der Waals surface area (Å²) in [7, 11) is 0. The second-order valence-electron chi connectivity index (χ2n) is 4.44. The van der Waals surface area contributed by atoms with Gasteiger partial charge in [0.1, 0.15) is 17.7 Å². The SMILES string of the molecule is N#C/C(=C/c1ccccc1Cl)c1nc2ccc(F)cc2[nH]1. The Morgan fingerprint density at radius 2 is 2.10 bits per heavy atom. The fraction of sp³-hybridized carbons (Fsp3) is 0. The van der Waals surface area contributed by atoms with Gasteiger partial charge in [-0.3, -0.25) is 0 Å². The van der Waals surface area contributed by atoms with E-state index in [0.717, 1.165) is 5.56 Å². The first-order chi connectivity index (χ1) is 10.2. The minimum atomic E-state index is -0.355. The van der Waals surface area contributed by atoms with Crippen molar-refractivity contribution in [2.75, 3.05) is 0 Å². The Balaban J connectivity index is 2.10.